The number of alkyl carbamates (subject to hydrolysis) is 1. The van der Waals surface area contributed by atoms with E-state index in [2.05, 4.69) is 5.32 Å². The number of carbonyl (C=O) groups is 2. The van der Waals surface area contributed by atoms with Crippen LogP contribution in [0.5, 0.6) is 11.5 Å². The van der Waals surface area contributed by atoms with Crippen molar-refractivity contribution < 1.29 is 23.8 Å². The maximum Gasteiger partial charge on any atom is 0.407 e. The summed E-state index contributed by atoms with van der Waals surface area (Å²) in [5, 5.41) is 2.83. The number of para-hydroxylation sites is 1. The number of hydrogen-bond acceptors (Lipinski definition) is 5. The molecule has 1 aliphatic heterocycles. The number of benzene rings is 1. The lowest BCUT2D eigenvalue weighted by molar-refractivity contribution is -0.132. The highest BCUT2D eigenvalue weighted by Crippen LogP contribution is 2.31. The Kier molecular flexibility index (Phi) is 8.17. The average molecular weight is 407 g/mol. The summed E-state index contributed by atoms with van der Waals surface area (Å²) in [6.07, 6.45) is 2.42. The molecule has 1 fully saturated rings. The second-order valence-electron chi connectivity index (χ2n) is 8.36. The van der Waals surface area contributed by atoms with Gasteiger partial charge in [0.1, 0.15) is 5.60 Å². The standard InChI is InChI=1S/C22H34N2O5/c1-22(2,3)29-21(26)23-15-16-11-13-24(14-12-16)19(25)10-9-17-7-6-8-18(27-4)20(17)28-5/h6-8,16H,9-15H2,1-5H3,(H,23,26). The first kappa shape index (κ1) is 22.8. The highest BCUT2D eigenvalue weighted by atomic mass is 16.6. The first-order valence-electron chi connectivity index (χ1n) is 10.2. The third-order valence-corrected chi connectivity index (χ3v) is 4.99. The molecule has 1 saturated heterocycles. The normalized spacial score (nSPS) is 15.0. The van der Waals surface area contributed by atoms with Crippen LogP contribution >= 0.6 is 0 Å². The Bertz CT molecular complexity index is 691. The number of methoxy groups -OCH3 is 2. The molecule has 1 aromatic rings. The lowest BCUT2D eigenvalue weighted by Gasteiger charge is -2.32. The van der Waals surface area contributed by atoms with Crippen molar-refractivity contribution in [3.05, 3.63) is 23.8 Å². The second-order valence-corrected chi connectivity index (χ2v) is 8.36. The molecule has 7 heteroatoms. The number of rotatable bonds is 7. The van der Waals surface area contributed by atoms with Crippen molar-refractivity contribution in [3.63, 3.8) is 0 Å². The SMILES string of the molecule is COc1cccc(CCC(=O)N2CCC(CNC(=O)OC(C)(C)C)CC2)c1OC. The molecule has 0 atom stereocenters. The van der Waals surface area contributed by atoms with Crippen LogP contribution in [0.1, 0.15) is 45.6 Å². The molecule has 7 nitrogen and oxygen atoms in total. The summed E-state index contributed by atoms with van der Waals surface area (Å²) in [4.78, 5) is 26.3. The molecule has 1 N–H and O–H groups in total. The molecule has 0 bridgehead atoms. The summed E-state index contributed by atoms with van der Waals surface area (Å²) in [5.41, 5.74) is 0.474. The summed E-state index contributed by atoms with van der Waals surface area (Å²) in [5.74, 6) is 1.88. The smallest absolute Gasteiger partial charge is 0.407 e. The number of carbonyl (C=O) groups excluding carboxylic acids is 2. The van der Waals surface area contributed by atoms with E-state index < -0.39 is 5.60 Å². The van der Waals surface area contributed by atoms with Crippen LogP contribution in [0.2, 0.25) is 0 Å². The summed E-state index contributed by atoms with van der Waals surface area (Å²) in [6, 6.07) is 5.72. The predicted molar refractivity (Wildman–Crippen MR) is 111 cm³/mol. The van der Waals surface area contributed by atoms with Crippen molar-refractivity contribution in [2.45, 2.75) is 52.1 Å². The molecule has 0 saturated carbocycles. The van der Waals surface area contributed by atoms with Gasteiger partial charge in [-0.15, -0.1) is 0 Å². The molecule has 2 amide bonds. The minimum absolute atomic E-state index is 0.147. The average Bonchev–Trinajstić information content (AvgIpc) is 2.69. The van der Waals surface area contributed by atoms with Crippen molar-refractivity contribution in [2.75, 3.05) is 33.9 Å². The summed E-state index contributed by atoms with van der Waals surface area (Å²) in [6.45, 7) is 7.55. The van der Waals surface area contributed by atoms with Crippen LogP contribution in [-0.2, 0) is 16.0 Å². The molecule has 1 heterocycles. The Hall–Kier alpha value is -2.44. The maximum absolute atomic E-state index is 12.6. The molecule has 162 valence electrons. The van der Waals surface area contributed by atoms with E-state index >= 15 is 0 Å². The Labute approximate surface area is 173 Å². The van der Waals surface area contributed by atoms with E-state index in [0.717, 1.165) is 31.5 Å². The third kappa shape index (κ3) is 7.15. The van der Waals surface area contributed by atoms with Gasteiger partial charge in [-0.25, -0.2) is 4.79 Å². The number of nitrogens with zero attached hydrogens (tertiary/aromatic N) is 1. The van der Waals surface area contributed by atoms with Gasteiger partial charge in [-0.05, 0) is 57.6 Å². The van der Waals surface area contributed by atoms with E-state index in [0.29, 0.717) is 36.8 Å². The molecule has 1 aromatic carbocycles. The van der Waals surface area contributed by atoms with E-state index in [4.69, 9.17) is 14.2 Å². The van der Waals surface area contributed by atoms with Crippen molar-refractivity contribution in [1.29, 1.82) is 0 Å². The third-order valence-electron chi connectivity index (χ3n) is 4.99. The second kappa shape index (κ2) is 10.4. The predicted octanol–water partition coefficient (Wildman–Crippen LogP) is 3.40. The van der Waals surface area contributed by atoms with Crippen LogP contribution in [-0.4, -0.2) is 56.4 Å². The highest BCUT2D eigenvalue weighted by Gasteiger charge is 2.24. The van der Waals surface area contributed by atoms with Gasteiger partial charge in [-0.1, -0.05) is 12.1 Å². The van der Waals surface area contributed by atoms with Crippen molar-refractivity contribution >= 4 is 12.0 Å². The van der Waals surface area contributed by atoms with Gasteiger partial charge in [0.2, 0.25) is 5.91 Å². The quantitative estimate of drug-likeness (QED) is 0.751. The van der Waals surface area contributed by atoms with Gasteiger partial charge in [0.15, 0.2) is 11.5 Å². The van der Waals surface area contributed by atoms with Gasteiger partial charge < -0.3 is 24.4 Å². The van der Waals surface area contributed by atoms with E-state index in [9.17, 15) is 9.59 Å². The van der Waals surface area contributed by atoms with E-state index in [1.165, 1.54) is 0 Å². The number of nitrogens with one attached hydrogen (secondary N) is 1. The number of piperidine rings is 1. The van der Waals surface area contributed by atoms with Gasteiger partial charge in [-0.3, -0.25) is 4.79 Å². The lowest BCUT2D eigenvalue weighted by atomic mass is 9.96. The number of likely N-dealkylation sites (tertiary alicyclic amines) is 1. The largest absolute Gasteiger partial charge is 0.493 e. The molecular formula is C22H34N2O5. The number of aryl methyl sites for hydroxylation is 1. The monoisotopic (exact) mass is 406 g/mol. The highest BCUT2D eigenvalue weighted by molar-refractivity contribution is 5.76. The van der Waals surface area contributed by atoms with Crippen molar-refractivity contribution in [1.82, 2.24) is 10.2 Å². The summed E-state index contributed by atoms with van der Waals surface area (Å²) in [7, 11) is 3.22. The molecule has 0 unspecified atom stereocenters. The first-order chi connectivity index (χ1) is 13.7. The van der Waals surface area contributed by atoms with Crippen LogP contribution in [0, 0.1) is 5.92 Å². The van der Waals surface area contributed by atoms with E-state index in [1.54, 1.807) is 14.2 Å². The van der Waals surface area contributed by atoms with Gasteiger partial charge in [-0.2, -0.15) is 0 Å². The van der Waals surface area contributed by atoms with Gasteiger partial charge >= 0.3 is 6.09 Å². The molecule has 0 spiro atoms. The van der Waals surface area contributed by atoms with Gasteiger partial charge in [0.05, 0.1) is 14.2 Å². The Morgan fingerprint density at radius 2 is 1.83 bits per heavy atom. The zero-order valence-corrected chi connectivity index (χ0v) is 18.2. The molecule has 0 aliphatic carbocycles. The van der Waals surface area contributed by atoms with Gasteiger partial charge in [0, 0.05) is 26.1 Å². The van der Waals surface area contributed by atoms with Crippen LogP contribution in [0.15, 0.2) is 18.2 Å². The fourth-order valence-electron chi connectivity index (χ4n) is 3.48. The zero-order valence-electron chi connectivity index (χ0n) is 18.2. The van der Waals surface area contributed by atoms with E-state index in [1.807, 2.05) is 43.9 Å². The minimum Gasteiger partial charge on any atom is -0.493 e. The van der Waals surface area contributed by atoms with Crippen LogP contribution in [0.25, 0.3) is 0 Å². The molecular weight excluding hydrogens is 372 g/mol. The Morgan fingerprint density at radius 3 is 2.41 bits per heavy atom. The summed E-state index contributed by atoms with van der Waals surface area (Å²) < 4.78 is 16.0. The van der Waals surface area contributed by atoms with Gasteiger partial charge in [0.25, 0.3) is 0 Å². The number of ether oxygens (including phenoxy) is 3. The fourth-order valence-corrected chi connectivity index (χ4v) is 3.48. The molecule has 29 heavy (non-hydrogen) atoms. The Balaban J connectivity index is 1.76. The van der Waals surface area contributed by atoms with Crippen molar-refractivity contribution in [2.24, 2.45) is 5.92 Å². The molecule has 0 radical (unpaired) electrons. The lowest BCUT2D eigenvalue weighted by Crippen LogP contribution is -2.42. The molecule has 1 aliphatic rings. The fraction of sp³-hybridized carbons (Fsp3) is 0.636. The summed E-state index contributed by atoms with van der Waals surface area (Å²) >= 11 is 0. The van der Waals surface area contributed by atoms with Crippen LogP contribution < -0.4 is 14.8 Å². The molecule has 0 aromatic heterocycles. The van der Waals surface area contributed by atoms with E-state index in [-0.39, 0.29) is 12.0 Å². The maximum atomic E-state index is 12.6. The Morgan fingerprint density at radius 1 is 1.14 bits per heavy atom. The zero-order chi connectivity index (χ0) is 21.4. The molecule has 2 rings (SSSR count). The van der Waals surface area contributed by atoms with Crippen LogP contribution in [0.4, 0.5) is 4.79 Å². The first-order valence-corrected chi connectivity index (χ1v) is 10.2. The number of hydrogen-bond donors (Lipinski definition) is 1. The minimum atomic E-state index is -0.495. The topological polar surface area (TPSA) is 77.1 Å². The number of amides is 2. The van der Waals surface area contributed by atoms with Crippen molar-refractivity contribution in [3.8, 4) is 11.5 Å². The van der Waals surface area contributed by atoms with Crippen LogP contribution in [0.3, 0.4) is 0 Å².